The van der Waals surface area contributed by atoms with Gasteiger partial charge in [-0.15, -0.1) is 11.6 Å². The van der Waals surface area contributed by atoms with Gasteiger partial charge in [0.05, 0.1) is 25.2 Å². The van der Waals surface area contributed by atoms with Gasteiger partial charge >= 0.3 is 14.3 Å². The highest BCUT2D eigenvalue weighted by molar-refractivity contribution is 7.41. The number of aromatic amines is 1. The molecule has 3 rings (SSSR count). The van der Waals surface area contributed by atoms with E-state index in [1.165, 1.54) is 10.8 Å². The molecule has 0 spiro atoms. The van der Waals surface area contributed by atoms with Crippen LogP contribution in [0.2, 0.25) is 0 Å². The van der Waals surface area contributed by atoms with Crippen LogP contribution in [0, 0.1) is 6.92 Å². The number of H-pyrrole nitrogens is 1. The maximum absolute atomic E-state index is 11.9. The Labute approximate surface area is 132 Å². The van der Waals surface area contributed by atoms with E-state index in [1.54, 1.807) is 6.92 Å². The van der Waals surface area contributed by atoms with Crippen molar-refractivity contribution in [1.82, 2.24) is 9.55 Å². The molecule has 3 heterocycles. The Morgan fingerprint density at radius 2 is 2.18 bits per heavy atom. The van der Waals surface area contributed by atoms with E-state index in [4.69, 9.17) is 29.9 Å². The average Bonchev–Trinajstić information content (AvgIpc) is 3.13. The minimum Gasteiger partial charge on any atom is -0.351 e. The fourth-order valence-corrected chi connectivity index (χ4v) is 3.71. The van der Waals surface area contributed by atoms with Gasteiger partial charge in [0, 0.05) is 18.2 Å². The second-order valence-electron chi connectivity index (χ2n) is 5.03. The van der Waals surface area contributed by atoms with E-state index in [1.807, 2.05) is 0 Å². The highest BCUT2D eigenvalue weighted by Crippen LogP contribution is 2.48. The Balaban J connectivity index is 1.77. The highest BCUT2D eigenvalue weighted by Gasteiger charge is 2.40. The maximum Gasteiger partial charge on any atom is 0.333 e. The number of hydrogen-bond donors (Lipinski definition) is 1. The van der Waals surface area contributed by atoms with Crippen molar-refractivity contribution >= 4 is 20.2 Å². The molecule has 0 saturated carbocycles. The number of rotatable bonds is 4. The summed E-state index contributed by atoms with van der Waals surface area (Å²) in [6, 6.07) is 0. The van der Waals surface area contributed by atoms with Crippen LogP contribution in [0.4, 0.5) is 0 Å². The third kappa shape index (κ3) is 3.27. The Morgan fingerprint density at radius 1 is 1.45 bits per heavy atom. The van der Waals surface area contributed by atoms with Gasteiger partial charge in [0.1, 0.15) is 12.3 Å². The second-order valence-corrected chi connectivity index (χ2v) is 6.51. The largest absolute Gasteiger partial charge is 0.351 e. The first-order valence-electron chi connectivity index (χ1n) is 6.84. The molecule has 2 aliphatic heterocycles. The maximum atomic E-state index is 11.9. The van der Waals surface area contributed by atoms with E-state index in [0.29, 0.717) is 25.2 Å². The van der Waals surface area contributed by atoms with Crippen molar-refractivity contribution in [2.24, 2.45) is 0 Å². The van der Waals surface area contributed by atoms with Gasteiger partial charge in [-0.1, -0.05) is 0 Å². The lowest BCUT2D eigenvalue weighted by Gasteiger charge is -2.17. The number of hydrogen-bond acceptors (Lipinski definition) is 6. The van der Waals surface area contributed by atoms with Crippen molar-refractivity contribution in [1.29, 1.82) is 0 Å². The van der Waals surface area contributed by atoms with Crippen molar-refractivity contribution in [2.75, 3.05) is 19.1 Å². The van der Waals surface area contributed by atoms with Crippen LogP contribution in [-0.4, -0.2) is 40.9 Å². The molecule has 2 saturated heterocycles. The normalized spacial score (nSPS) is 29.3. The Bertz CT molecular complexity index is 643. The quantitative estimate of drug-likeness (QED) is 0.644. The van der Waals surface area contributed by atoms with E-state index in [-0.39, 0.29) is 18.1 Å². The summed E-state index contributed by atoms with van der Waals surface area (Å²) in [4.78, 5) is 25.6. The number of nitrogens with zero attached hydrogens (tertiary/aromatic N) is 1. The fourth-order valence-electron chi connectivity index (χ4n) is 2.35. The second kappa shape index (κ2) is 6.78. The summed E-state index contributed by atoms with van der Waals surface area (Å²) in [7, 11) is -1.38. The van der Waals surface area contributed by atoms with Gasteiger partial charge in [0.25, 0.3) is 5.56 Å². The molecule has 0 amide bonds. The topological polar surface area (TPSA) is 91.8 Å². The van der Waals surface area contributed by atoms with Gasteiger partial charge in [0.2, 0.25) is 0 Å². The highest BCUT2D eigenvalue weighted by atomic mass is 35.5. The number of alkyl halides is 1. The van der Waals surface area contributed by atoms with Crippen LogP contribution in [0.1, 0.15) is 18.2 Å². The molecule has 2 fully saturated rings. The van der Waals surface area contributed by atoms with Gasteiger partial charge in [-0.3, -0.25) is 14.3 Å². The lowest BCUT2D eigenvalue weighted by molar-refractivity contribution is -0.00617. The van der Waals surface area contributed by atoms with Crippen LogP contribution in [0.3, 0.4) is 0 Å². The summed E-state index contributed by atoms with van der Waals surface area (Å²) in [5.41, 5.74) is -0.493. The number of aryl methyl sites for hydroxylation is 1. The van der Waals surface area contributed by atoms with Gasteiger partial charge in [0.15, 0.2) is 0 Å². The first kappa shape index (κ1) is 16.1. The van der Waals surface area contributed by atoms with Crippen molar-refractivity contribution in [3.63, 3.8) is 0 Å². The molecule has 3 atom stereocenters. The van der Waals surface area contributed by atoms with Gasteiger partial charge in [-0.2, -0.15) is 0 Å². The monoisotopic (exact) mass is 350 g/mol. The molecule has 1 N–H and O–H groups in total. The van der Waals surface area contributed by atoms with Gasteiger partial charge in [-0.25, -0.2) is 4.79 Å². The summed E-state index contributed by atoms with van der Waals surface area (Å²) in [6.07, 6.45) is 0.656. The van der Waals surface area contributed by atoms with Gasteiger partial charge < -0.3 is 18.3 Å². The van der Waals surface area contributed by atoms with Crippen LogP contribution in [0.15, 0.2) is 15.8 Å². The molecular formula is C12H16ClN2O6P. The van der Waals surface area contributed by atoms with Crippen molar-refractivity contribution < 1.29 is 18.3 Å². The van der Waals surface area contributed by atoms with E-state index in [9.17, 15) is 9.59 Å². The standard InChI is InChI=1S/C12H16ClN2O6P/c1-7-6-15(12(17)14-11(7)16)10-4-8(9(5-13)20-10)21-22-18-2-3-19-22/h6,8-10H,2-5H2,1H3,(H,14,16,17)/t8-,9+,10+/m0/s1. The Kier molecular flexibility index (Phi) is 4.97. The fraction of sp³-hybridized carbons (Fsp3) is 0.667. The Hall–Kier alpha value is -0.760. The number of ether oxygens (including phenoxy) is 1. The predicted octanol–water partition coefficient (Wildman–Crippen LogP) is 1.03. The van der Waals surface area contributed by atoms with Crippen LogP contribution in [-0.2, 0) is 18.3 Å². The van der Waals surface area contributed by atoms with Crippen LogP contribution in [0.5, 0.6) is 0 Å². The van der Waals surface area contributed by atoms with Crippen LogP contribution < -0.4 is 11.2 Å². The summed E-state index contributed by atoms with van der Waals surface area (Å²) < 4.78 is 23.5. The summed E-state index contributed by atoms with van der Waals surface area (Å²) >= 11 is 5.91. The van der Waals surface area contributed by atoms with Crippen molar-refractivity contribution in [3.8, 4) is 0 Å². The average molecular weight is 351 g/mol. The SMILES string of the molecule is Cc1cn([C@H]2C[C@H](OP3OCCO3)[C@@H](CCl)O2)c(=O)[nH]c1=O. The Morgan fingerprint density at radius 3 is 2.86 bits per heavy atom. The molecule has 22 heavy (non-hydrogen) atoms. The molecule has 2 aliphatic rings. The molecule has 8 nitrogen and oxygen atoms in total. The lowest BCUT2D eigenvalue weighted by atomic mass is 10.2. The number of halogens is 1. The predicted molar refractivity (Wildman–Crippen MR) is 79.0 cm³/mol. The zero-order valence-electron chi connectivity index (χ0n) is 11.9. The molecule has 122 valence electrons. The molecule has 1 aromatic rings. The van der Waals surface area contributed by atoms with Crippen molar-refractivity contribution in [2.45, 2.75) is 31.8 Å². The summed E-state index contributed by atoms with van der Waals surface area (Å²) in [5.74, 6) is 0.224. The van der Waals surface area contributed by atoms with Crippen molar-refractivity contribution in [3.05, 3.63) is 32.6 Å². The smallest absolute Gasteiger partial charge is 0.333 e. The first-order chi connectivity index (χ1) is 10.6. The van der Waals surface area contributed by atoms with E-state index in [0.717, 1.165) is 0 Å². The third-order valence-corrected chi connectivity index (χ3v) is 5.02. The van der Waals surface area contributed by atoms with E-state index < -0.39 is 26.1 Å². The van der Waals surface area contributed by atoms with Crippen LogP contribution in [0.25, 0.3) is 0 Å². The molecule has 0 aromatic carbocycles. The molecular weight excluding hydrogens is 335 g/mol. The van der Waals surface area contributed by atoms with Gasteiger partial charge in [-0.05, 0) is 6.92 Å². The number of nitrogens with one attached hydrogen (secondary N) is 1. The molecule has 1 aromatic heterocycles. The third-order valence-electron chi connectivity index (χ3n) is 3.49. The minimum atomic E-state index is -1.38. The molecule has 10 heteroatoms. The lowest BCUT2D eigenvalue weighted by Crippen LogP contribution is -2.33. The molecule has 0 aliphatic carbocycles. The van der Waals surface area contributed by atoms with E-state index in [2.05, 4.69) is 4.98 Å². The number of aromatic nitrogens is 2. The van der Waals surface area contributed by atoms with Crippen LogP contribution >= 0.6 is 20.2 Å². The first-order valence-corrected chi connectivity index (χ1v) is 8.47. The summed E-state index contributed by atoms with van der Waals surface area (Å²) in [6.45, 7) is 2.64. The summed E-state index contributed by atoms with van der Waals surface area (Å²) in [5, 5.41) is 0. The van der Waals surface area contributed by atoms with E-state index >= 15 is 0 Å². The minimum absolute atomic E-state index is 0.224. The zero-order valence-corrected chi connectivity index (χ0v) is 13.5. The zero-order chi connectivity index (χ0) is 15.7. The molecule has 0 unspecified atom stereocenters. The molecule has 0 bridgehead atoms. The molecule has 0 radical (unpaired) electrons.